The van der Waals surface area contributed by atoms with Gasteiger partial charge in [-0.05, 0) is 44.5 Å². The number of benzene rings is 1. The molecule has 0 unspecified atom stereocenters. The smallest absolute Gasteiger partial charge is 0.255 e. The molecule has 0 saturated carbocycles. The number of primary amides is 1. The number of hydrogen-bond donors (Lipinski definition) is 2. The minimum atomic E-state index is -0.470. The van der Waals surface area contributed by atoms with Gasteiger partial charge in [0.15, 0.2) is 6.61 Å². The van der Waals surface area contributed by atoms with Crippen molar-refractivity contribution in [1.82, 2.24) is 0 Å². The number of nitrogens with two attached hydrogens (primary N) is 1. The van der Waals surface area contributed by atoms with Crippen LogP contribution in [0.25, 0.3) is 0 Å². The van der Waals surface area contributed by atoms with E-state index in [1.54, 1.807) is 0 Å². The van der Waals surface area contributed by atoms with Gasteiger partial charge in [0, 0.05) is 11.7 Å². The lowest BCUT2D eigenvalue weighted by atomic mass is 10.2. The van der Waals surface area contributed by atoms with E-state index < -0.39 is 5.91 Å². The van der Waals surface area contributed by atoms with Gasteiger partial charge in [-0.2, -0.15) is 0 Å². The molecule has 3 N–H and O–H groups in total. The van der Waals surface area contributed by atoms with Crippen LogP contribution < -0.4 is 15.8 Å². The second-order valence-corrected chi connectivity index (χ2v) is 4.03. The van der Waals surface area contributed by atoms with Crippen LogP contribution in [0.4, 0.5) is 5.69 Å². The third kappa shape index (κ3) is 3.81. The molecule has 0 aliphatic heterocycles. The summed E-state index contributed by atoms with van der Waals surface area (Å²) in [5.41, 5.74) is 7.15. The van der Waals surface area contributed by atoms with Crippen molar-refractivity contribution in [3.05, 3.63) is 23.8 Å². The van der Waals surface area contributed by atoms with Crippen LogP contribution in [0.5, 0.6) is 5.75 Å². The number of anilines is 1. The van der Waals surface area contributed by atoms with Gasteiger partial charge in [0.05, 0.1) is 0 Å². The highest BCUT2D eigenvalue weighted by molar-refractivity contribution is 5.75. The number of amides is 1. The summed E-state index contributed by atoms with van der Waals surface area (Å²) in [5.74, 6) is 0.188. The normalized spacial score (nSPS) is 10.2. The number of rotatable bonds is 5. The Kier molecular flexibility index (Phi) is 4.17. The third-order valence-corrected chi connectivity index (χ3v) is 2.02. The molecule has 88 valence electrons. The third-order valence-electron chi connectivity index (χ3n) is 2.02. The molecule has 0 fully saturated rings. The summed E-state index contributed by atoms with van der Waals surface area (Å²) in [7, 11) is 0. The van der Waals surface area contributed by atoms with Gasteiger partial charge in [0.1, 0.15) is 5.75 Å². The monoisotopic (exact) mass is 222 g/mol. The number of nitrogens with one attached hydrogen (secondary N) is 1. The zero-order valence-electron chi connectivity index (χ0n) is 9.91. The second kappa shape index (κ2) is 5.39. The summed E-state index contributed by atoms with van der Waals surface area (Å²) in [4.78, 5) is 10.6. The number of ether oxygens (including phenoxy) is 1. The van der Waals surface area contributed by atoms with Crippen LogP contribution in [-0.4, -0.2) is 18.6 Å². The number of carbonyl (C=O) groups is 1. The highest BCUT2D eigenvalue weighted by Crippen LogP contribution is 2.21. The van der Waals surface area contributed by atoms with E-state index in [9.17, 15) is 4.79 Å². The summed E-state index contributed by atoms with van der Waals surface area (Å²) >= 11 is 0. The molecule has 0 aliphatic rings. The molecule has 1 amide bonds. The van der Waals surface area contributed by atoms with Gasteiger partial charge in [-0.1, -0.05) is 0 Å². The molecule has 4 nitrogen and oxygen atoms in total. The maximum absolute atomic E-state index is 10.6. The largest absolute Gasteiger partial charge is 0.484 e. The predicted molar refractivity (Wildman–Crippen MR) is 64.6 cm³/mol. The first-order chi connectivity index (χ1) is 7.49. The van der Waals surface area contributed by atoms with Crippen molar-refractivity contribution in [2.45, 2.75) is 26.8 Å². The van der Waals surface area contributed by atoms with Gasteiger partial charge in [-0.15, -0.1) is 0 Å². The van der Waals surface area contributed by atoms with Crippen molar-refractivity contribution in [1.29, 1.82) is 0 Å². The van der Waals surface area contributed by atoms with E-state index in [0.29, 0.717) is 11.8 Å². The van der Waals surface area contributed by atoms with Gasteiger partial charge in [0.25, 0.3) is 5.91 Å². The Morgan fingerprint density at radius 1 is 1.50 bits per heavy atom. The zero-order chi connectivity index (χ0) is 12.1. The first-order valence-corrected chi connectivity index (χ1v) is 5.27. The van der Waals surface area contributed by atoms with Crippen molar-refractivity contribution in [3.63, 3.8) is 0 Å². The van der Waals surface area contributed by atoms with Crippen LogP contribution in [0, 0.1) is 6.92 Å². The Bertz CT molecular complexity index is 375. The van der Waals surface area contributed by atoms with Crippen molar-refractivity contribution in [3.8, 4) is 5.75 Å². The Labute approximate surface area is 95.8 Å². The van der Waals surface area contributed by atoms with Crippen molar-refractivity contribution in [2.24, 2.45) is 5.73 Å². The van der Waals surface area contributed by atoms with Crippen molar-refractivity contribution >= 4 is 11.6 Å². The highest BCUT2D eigenvalue weighted by atomic mass is 16.5. The number of aryl methyl sites for hydroxylation is 1. The standard InChI is InChI=1S/C12H18N2O2/c1-8(2)14-11-5-4-10(6-9(11)3)16-7-12(13)15/h4-6,8,14H,7H2,1-3H3,(H2,13,15). The summed E-state index contributed by atoms with van der Waals surface area (Å²) in [6, 6.07) is 6.02. The summed E-state index contributed by atoms with van der Waals surface area (Å²) in [5, 5.41) is 3.32. The molecule has 4 heteroatoms. The van der Waals surface area contributed by atoms with E-state index in [1.165, 1.54) is 0 Å². The van der Waals surface area contributed by atoms with Crippen LogP contribution in [0.1, 0.15) is 19.4 Å². The van der Waals surface area contributed by atoms with Crippen molar-refractivity contribution < 1.29 is 9.53 Å². The van der Waals surface area contributed by atoms with Crippen LogP contribution in [0.2, 0.25) is 0 Å². The molecule has 16 heavy (non-hydrogen) atoms. The van der Waals surface area contributed by atoms with Crippen LogP contribution in [-0.2, 0) is 4.79 Å². The quantitative estimate of drug-likeness (QED) is 0.796. The van der Waals surface area contributed by atoms with E-state index >= 15 is 0 Å². The summed E-state index contributed by atoms with van der Waals surface area (Å²) in [6.45, 7) is 6.06. The van der Waals surface area contributed by atoms with E-state index in [0.717, 1.165) is 11.3 Å². The van der Waals surface area contributed by atoms with E-state index in [1.807, 2.05) is 25.1 Å². The molecule has 0 radical (unpaired) electrons. The van der Waals surface area contributed by atoms with E-state index in [4.69, 9.17) is 10.5 Å². The Morgan fingerprint density at radius 2 is 2.19 bits per heavy atom. The lowest BCUT2D eigenvalue weighted by Gasteiger charge is -2.14. The highest BCUT2D eigenvalue weighted by Gasteiger charge is 2.03. The summed E-state index contributed by atoms with van der Waals surface area (Å²) in [6.07, 6.45) is 0. The van der Waals surface area contributed by atoms with Gasteiger partial charge >= 0.3 is 0 Å². The number of carbonyl (C=O) groups excluding carboxylic acids is 1. The van der Waals surface area contributed by atoms with E-state index in [-0.39, 0.29) is 6.61 Å². The molecule has 0 aliphatic carbocycles. The minimum absolute atomic E-state index is 0.0869. The fraction of sp³-hybridized carbons (Fsp3) is 0.417. The fourth-order valence-electron chi connectivity index (χ4n) is 1.35. The molecular formula is C12H18N2O2. The van der Waals surface area contributed by atoms with Gasteiger partial charge < -0.3 is 15.8 Å². The molecule has 0 aromatic heterocycles. The molecule has 0 saturated heterocycles. The lowest BCUT2D eigenvalue weighted by molar-refractivity contribution is -0.119. The van der Waals surface area contributed by atoms with Crippen LogP contribution in [0.3, 0.4) is 0 Å². The SMILES string of the molecule is Cc1cc(OCC(N)=O)ccc1NC(C)C. The predicted octanol–water partition coefficient (Wildman–Crippen LogP) is 1.68. The average Bonchev–Trinajstić information content (AvgIpc) is 2.18. The molecule has 0 spiro atoms. The van der Waals surface area contributed by atoms with Crippen LogP contribution >= 0.6 is 0 Å². The first-order valence-electron chi connectivity index (χ1n) is 5.27. The molecule has 1 aromatic carbocycles. The fourth-order valence-corrected chi connectivity index (χ4v) is 1.35. The Morgan fingerprint density at radius 3 is 2.69 bits per heavy atom. The molecule has 1 aromatic rings. The van der Waals surface area contributed by atoms with Gasteiger partial charge in [-0.25, -0.2) is 0 Å². The lowest BCUT2D eigenvalue weighted by Crippen LogP contribution is -2.20. The Balaban J connectivity index is 2.70. The molecule has 1 rings (SSSR count). The zero-order valence-corrected chi connectivity index (χ0v) is 9.91. The maximum Gasteiger partial charge on any atom is 0.255 e. The maximum atomic E-state index is 10.6. The van der Waals surface area contributed by atoms with Gasteiger partial charge in [0.2, 0.25) is 0 Å². The molecule has 0 heterocycles. The molecular weight excluding hydrogens is 204 g/mol. The average molecular weight is 222 g/mol. The topological polar surface area (TPSA) is 64.3 Å². The van der Waals surface area contributed by atoms with Crippen molar-refractivity contribution in [2.75, 3.05) is 11.9 Å². The number of hydrogen-bond acceptors (Lipinski definition) is 3. The van der Waals surface area contributed by atoms with Gasteiger partial charge in [-0.3, -0.25) is 4.79 Å². The summed E-state index contributed by atoms with van der Waals surface area (Å²) < 4.78 is 5.21. The van der Waals surface area contributed by atoms with E-state index in [2.05, 4.69) is 19.2 Å². The second-order valence-electron chi connectivity index (χ2n) is 4.03. The molecule has 0 bridgehead atoms. The molecule has 0 atom stereocenters. The Hall–Kier alpha value is -1.71. The minimum Gasteiger partial charge on any atom is -0.484 e. The van der Waals surface area contributed by atoms with Crippen LogP contribution in [0.15, 0.2) is 18.2 Å². The first kappa shape index (κ1) is 12.4.